The van der Waals surface area contributed by atoms with E-state index in [-0.39, 0.29) is 18.1 Å². The van der Waals surface area contributed by atoms with Gasteiger partial charge in [0.05, 0.1) is 0 Å². The van der Waals surface area contributed by atoms with Gasteiger partial charge in [0.15, 0.2) is 0 Å². The molecule has 0 fully saturated rings. The quantitative estimate of drug-likeness (QED) is 0.0798. The molecule has 1 aliphatic heterocycles. The number of rotatable bonds is 17. The fraction of sp³-hybridized carbons (Fsp3) is 0.379. The van der Waals surface area contributed by atoms with E-state index in [9.17, 15) is 17.0 Å². The molecule has 0 saturated heterocycles. The number of hydrogen-bond donors (Lipinski definition) is 0. The standard InChI is InChI=1S/2C23H29.C12H9Si.2ClH.Zr/c2*1-3-5-15-23(16-6-4-2)17-20-13-10-14-21(22(20)18-23)19-11-8-7-9-12-19;1-3-7-11-9(5-1)10-6-2-4-8-12(10)13-11;;;/h2*7-14,17H,3-6,15-16,18H2,1-2H3;1-7H,13H2;2*1H;/q;;;;;+2/p-2. The Morgan fingerprint density at radius 3 is 1.34 bits per heavy atom. The number of halogens is 2. The SMILES string of the molecule is CCCCC1(CCCC)Cc2c(-c3ccccc3)cccc2[CH]1[Zr]([Cl])([Cl])([c]1cccc2c1[SiH2]c1ccccc1-2)[CH]1c2cccc(-c3ccccc3)c2CC1(CCCC)CCCC. The summed E-state index contributed by atoms with van der Waals surface area (Å²) in [4.78, 5) is 0. The van der Waals surface area contributed by atoms with Gasteiger partial charge in [-0.3, -0.25) is 0 Å². The molecular weight excluding hydrogens is 887 g/mol. The summed E-state index contributed by atoms with van der Waals surface area (Å²) in [6.45, 7) is 9.55. The van der Waals surface area contributed by atoms with Crippen LogP contribution in [0.3, 0.4) is 0 Å². The average Bonchev–Trinajstić information content (AvgIpc) is 3.98. The number of benzene rings is 6. The van der Waals surface area contributed by atoms with Crippen LogP contribution in [0.1, 0.15) is 134 Å². The molecule has 2 atom stereocenters. The Morgan fingerprint density at radius 2 is 0.871 bits per heavy atom. The fourth-order valence-electron chi connectivity index (χ4n) is 13.6. The van der Waals surface area contributed by atoms with Gasteiger partial charge in [-0.05, 0) is 0 Å². The van der Waals surface area contributed by atoms with Crippen LogP contribution in [0.25, 0.3) is 33.4 Å². The average molecular weight is 954 g/mol. The summed E-state index contributed by atoms with van der Waals surface area (Å²) in [5.41, 5.74) is 14.1. The molecule has 0 amide bonds. The van der Waals surface area contributed by atoms with Crippen LogP contribution in [0.2, 0.25) is 0 Å². The molecule has 0 N–H and O–H groups in total. The summed E-state index contributed by atoms with van der Waals surface area (Å²) >= 11 is -5.76. The van der Waals surface area contributed by atoms with Gasteiger partial charge >= 0.3 is 387 Å². The van der Waals surface area contributed by atoms with E-state index in [1.807, 2.05) is 0 Å². The van der Waals surface area contributed by atoms with Crippen molar-refractivity contribution in [2.45, 2.75) is 125 Å². The van der Waals surface area contributed by atoms with E-state index in [0.717, 1.165) is 38.5 Å². The molecule has 0 spiro atoms. The van der Waals surface area contributed by atoms with Crippen LogP contribution in [0, 0.1) is 10.8 Å². The van der Waals surface area contributed by atoms with Gasteiger partial charge in [0.1, 0.15) is 0 Å². The summed E-state index contributed by atoms with van der Waals surface area (Å²) in [7, 11) is 18.9. The van der Waals surface area contributed by atoms with E-state index in [0.29, 0.717) is 0 Å². The molecule has 321 valence electrons. The molecule has 4 heteroatoms. The van der Waals surface area contributed by atoms with Crippen LogP contribution in [-0.2, 0) is 29.2 Å². The Kier molecular flexibility index (Phi) is 12.9. The molecule has 9 rings (SSSR count). The Labute approximate surface area is 384 Å². The molecule has 0 bridgehead atoms. The van der Waals surface area contributed by atoms with E-state index in [4.69, 9.17) is 0 Å². The molecular formula is C58H67Cl2SiZr. The van der Waals surface area contributed by atoms with Crippen molar-refractivity contribution in [1.82, 2.24) is 0 Å². The number of fused-ring (bicyclic) bond motifs is 5. The van der Waals surface area contributed by atoms with Crippen molar-refractivity contribution in [3.63, 3.8) is 0 Å². The summed E-state index contributed by atoms with van der Waals surface area (Å²) in [5.74, 6) is 0. The van der Waals surface area contributed by atoms with E-state index in [2.05, 4.69) is 167 Å². The molecule has 2 aliphatic carbocycles. The molecule has 3 aliphatic rings. The van der Waals surface area contributed by atoms with Crippen LogP contribution in [0.5, 0.6) is 0 Å². The van der Waals surface area contributed by atoms with Crippen molar-refractivity contribution in [3.05, 3.63) is 162 Å². The monoisotopic (exact) mass is 951 g/mol. The second kappa shape index (κ2) is 18.1. The normalized spacial score (nSPS) is 19.1. The first-order valence-electron chi connectivity index (χ1n) is 24.4. The van der Waals surface area contributed by atoms with Crippen LogP contribution in [0.15, 0.2) is 140 Å². The van der Waals surface area contributed by atoms with Crippen molar-refractivity contribution >= 4 is 40.2 Å². The first-order valence-corrected chi connectivity index (χ1v) is 36.2. The van der Waals surface area contributed by atoms with Crippen LogP contribution < -0.4 is 13.6 Å². The second-order valence-electron chi connectivity index (χ2n) is 19.7. The Hall–Kier alpha value is -3.00. The zero-order valence-corrected chi connectivity index (χ0v) is 43.2. The van der Waals surface area contributed by atoms with E-state index < -0.39 is 25.9 Å². The zero-order valence-electron chi connectivity index (χ0n) is 37.8. The first kappa shape index (κ1) is 44.2. The summed E-state index contributed by atoms with van der Waals surface area (Å²) < 4.78 is 1.58. The molecule has 6 aromatic rings. The van der Waals surface area contributed by atoms with Crippen molar-refractivity contribution in [3.8, 4) is 33.4 Å². The van der Waals surface area contributed by atoms with Crippen molar-refractivity contribution in [1.29, 1.82) is 0 Å². The zero-order chi connectivity index (χ0) is 43.0. The molecule has 0 nitrogen and oxygen atoms in total. The summed E-state index contributed by atoms with van der Waals surface area (Å²) in [5, 5.41) is 3.10. The van der Waals surface area contributed by atoms with Gasteiger partial charge in [-0.1, -0.05) is 0 Å². The van der Waals surface area contributed by atoms with Gasteiger partial charge < -0.3 is 0 Å². The molecule has 0 aromatic heterocycles. The maximum atomic E-state index is 9.89. The van der Waals surface area contributed by atoms with Gasteiger partial charge in [-0.2, -0.15) is 0 Å². The van der Waals surface area contributed by atoms with Crippen LogP contribution in [0.4, 0.5) is 0 Å². The Balaban J connectivity index is 1.44. The maximum absolute atomic E-state index is 9.89. The number of hydrogen-bond acceptors (Lipinski definition) is 0. The molecule has 0 radical (unpaired) electrons. The van der Waals surface area contributed by atoms with Gasteiger partial charge in [0.2, 0.25) is 0 Å². The third kappa shape index (κ3) is 7.35. The first-order chi connectivity index (χ1) is 30.2. The third-order valence-corrected chi connectivity index (χ3v) is 40.0. The third-order valence-electron chi connectivity index (χ3n) is 16.0. The van der Waals surface area contributed by atoms with Gasteiger partial charge in [-0.25, -0.2) is 0 Å². The fourth-order valence-corrected chi connectivity index (χ4v) is 46.8. The molecule has 1 heterocycles. The van der Waals surface area contributed by atoms with Crippen molar-refractivity contribution in [2.24, 2.45) is 10.8 Å². The van der Waals surface area contributed by atoms with E-state index >= 15 is 0 Å². The van der Waals surface area contributed by atoms with Gasteiger partial charge in [0.25, 0.3) is 0 Å². The Morgan fingerprint density at radius 1 is 0.468 bits per heavy atom. The Bertz CT molecular complexity index is 2380. The van der Waals surface area contributed by atoms with E-state index in [1.165, 1.54) is 110 Å². The van der Waals surface area contributed by atoms with E-state index in [1.54, 1.807) is 10.4 Å². The predicted molar refractivity (Wildman–Crippen MR) is 271 cm³/mol. The second-order valence-corrected chi connectivity index (χ2v) is 42.1. The molecule has 62 heavy (non-hydrogen) atoms. The number of unbranched alkanes of at least 4 members (excludes halogenated alkanes) is 4. The summed E-state index contributed by atoms with van der Waals surface area (Å²) in [6.07, 6.45) is 16.2. The van der Waals surface area contributed by atoms with Gasteiger partial charge in [0, 0.05) is 0 Å². The van der Waals surface area contributed by atoms with Crippen molar-refractivity contribution < 1.29 is 16.4 Å². The van der Waals surface area contributed by atoms with Crippen LogP contribution >= 0.6 is 17.0 Å². The minimum absolute atomic E-state index is 0.0508. The topological polar surface area (TPSA) is 0 Å². The van der Waals surface area contributed by atoms with Gasteiger partial charge in [-0.15, -0.1) is 0 Å². The minimum atomic E-state index is -5.76. The predicted octanol–water partition coefficient (Wildman–Crippen LogP) is 15.1. The van der Waals surface area contributed by atoms with Crippen molar-refractivity contribution in [2.75, 3.05) is 0 Å². The van der Waals surface area contributed by atoms with Crippen LogP contribution in [-0.4, -0.2) is 9.52 Å². The molecule has 0 saturated carbocycles. The molecule has 2 unspecified atom stereocenters. The molecule has 6 aromatic carbocycles. The summed E-state index contributed by atoms with van der Waals surface area (Å²) in [6, 6.07) is 53.6.